The Kier molecular flexibility index (Phi) is 4.22. The first-order valence-electron chi connectivity index (χ1n) is 8.23. The highest BCUT2D eigenvalue weighted by atomic mass is 16.6. The van der Waals surface area contributed by atoms with Crippen molar-refractivity contribution in [1.82, 2.24) is 15.3 Å². The summed E-state index contributed by atoms with van der Waals surface area (Å²) in [5, 5.41) is 31.5. The summed E-state index contributed by atoms with van der Waals surface area (Å²) in [6.45, 7) is 1.58. The molecule has 4 N–H and O–H groups in total. The van der Waals surface area contributed by atoms with Gasteiger partial charge in [-0.3, -0.25) is 4.99 Å². The summed E-state index contributed by atoms with van der Waals surface area (Å²) in [6, 6.07) is -0.309. The summed E-state index contributed by atoms with van der Waals surface area (Å²) in [6.07, 6.45) is 1.05. The Morgan fingerprint density at radius 3 is 2.71 bits per heavy atom. The first-order valence-corrected chi connectivity index (χ1v) is 8.23. The number of fused-ring (bicyclic) bond motifs is 1. The molecule has 10 nitrogen and oxygen atoms in total. The standard InChI is InChI=1S/C14H22N6O4/c21-5-8-10(22)11(23)14(24-8)20-7-17-9-12(15-6-16-13(9)20)18-19-3-1-2-4-19/h6-11,13-14,21-23H,1-5H2,(H,15,16,18)/t8-,9?,10-,11-,13?,14-/m1/s1. The van der Waals surface area contributed by atoms with Crippen LogP contribution >= 0.6 is 0 Å². The van der Waals surface area contributed by atoms with Crippen LogP contribution in [0.5, 0.6) is 0 Å². The van der Waals surface area contributed by atoms with Crippen molar-refractivity contribution < 1.29 is 20.1 Å². The number of amidine groups is 1. The van der Waals surface area contributed by atoms with Gasteiger partial charge in [-0.05, 0) is 12.8 Å². The van der Waals surface area contributed by atoms with Crippen LogP contribution in [0.4, 0.5) is 0 Å². The molecular formula is C14H22N6O4. The van der Waals surface area contributed by atoms with E-state index in [-0.39, 0.29) is 12.6 Å². The quantitative estimate of drug-likeness (QED) is 0.448. The minimum Gasteiger partial charge on any atom is -0.394 e. The molecule has 10 heteroatoms. The van der Waals surface area contributed by atoms with Crippen LogP contribution in [-0.4, -0.2) is 100 Å². The van der Waals surface area contributed by atoms with Gasteiger partial charge in [-0.2, -0.15) is 0 Å². The predicted molar refractivity (Wildman–Crippen MR) is 85.5 cm³/mol. The summed E-state index contributed by atoms with van der Waals surface area (Å²) >= 11 is 0. The van der Waals surface area contributed by atoms with E-state index in [4.69, 9.17) is 4.74 Å². The fourth-order valence-electron chi connectivity index (χ4n) is 3.50. The maximum atomic E-state index is 10.2. The fraction of sp³-hybridized carbons (Fsp3) is 0.786. The second-order valence-electron chi connectivity index (χ2n) is 6.38. The van der Waals surface area contributed by atoms with Gasteiger partial charge in [-0.1, -0.05) is 0 Å². The lowest BCUT2D eigenvalue weighted by atomic mass is 10.1. The number of rotatable bonds is 3. The van der Waals surface area contributed by atoms with Crippen molar-refractivity contribution >= 4 is 18.5 Å². The molecule has 4 heterocycles. The van der Waals surface area contributed by atoms with Crippen LogP contribution < -0.4 is 5.43 Å². The summed E-state index contributed by atoms with van der Waals surface area (Å²) in [7, 11) is 0. The first kappa shape index (κ1) is 15.9. The third kappa shape index (κ3) is 2.60. The summed E-state index contributed by atoms with van der Waals surface area (Å²) < 4.78 is 5.58. The van der Waals surface area contributed by atoms with Crippen molar-refractivity contribution in [2.45, 2.75) is 49.6 Å². The van der Waals surface area contributed by atoms with Gasteiger partial charge in [0, 0.05) is 13.1 Å². The number of hydrogen-bond donors (Lipinski definition) is 4. The number of hydrogen-bond acceptors (Lipinski definition) is 10. The molecule has 4 aliphatic rings. The first-order chi connectivity index (χ1) is 11.7. The van der Waals surface area contributed by atoms with Gasteiger partial charge in [0.15, 0.2) is 18.4 Å². The second kappa shape index (κ2) is 6.37. The Morgan fingerprint density at radius 2 is 2.00 bits per heavy atom. The number of aliphatic imine (C=N–C) groups is 3. The van der Waals surface area contributed by atoms with Gasteiger partial charge in [-0.15, -0.1) is 0 Å². The Morgan fingerprint density at radius 1 is 1.21 bits per heavy atom. The van der Waals surface area contributed by atoms with Gasteiger partial charge in [0.1, 0.15) is 30.5 Å². The van der Waals surface area contributed by atoms with Crippen molar-refractivity contribution in [3.05, 3.63) is 0 Å². The topological polar surface area (TPSA) is 126 Å². The Bertz CT molecular complexity index is 563. The summed E-state index contributed by atoms with van der Waals surface area (Å²) in [5.41, 5.74) is 3.30. The third-order valence-electron chi connectivity index (χ3n) is 4.83. The lowest BCUT2D eigenvalue weighted by Gasteiger charge is -2.33. The molecule has 0 aromatic rings. The molecule has 2 saturated heterocycles. The molecule has 2 unspecified atom stereocenters. The van der Waals surface area contributed by atoms with Gasteiger partial charge >= 0.3 is 0 Å². The molecule has 0 amide bonds. The van der Waals surface area contributed by atoms with E-state index >= 15 is 0 Å². The van der Waals surface area contributed by atoms with Crippen LogP contribution in [0.1, 0.15) is 12.8 Å². The van der Waals surface area contributed by atoms with Gasteiger partial charge in [0.25, 0.3) is 0 Å². The highest BCUT2D eigenvalue weighted by Gasteiger charge is 2.50. The highest BCUT2D eigenvalue weighted by molar-refractivity contribution is 5.97. The fourth-order valence-corrected chi connectivity index (χ4v) is 3.50. The van der Waals surface area contributed by atoms with Crippen LogP contribution in [0.25, 0.3) is 0 Å². The molecule has 6 atom stereocenters. The Balaban J connectivity index is 1.47. The maximum Gasteiger partial charge on any atom is 0.162 e. The molecule has 24 heavy (non-hydrogen) atoms. The molecule has 4 aliphatic heterocycles. The molecule has 0 bridgehead atoms. The van der Waals surface area contributed by atoms with Gasteiger partial charge in [0.2, 0.25) is 0 Å². The van der Waals surface area contributed by atoms with Crippen molar-refractivity contribution in [3.8, 4) is 0 Å². The van der Waals surface area contributed by atoms with Crippen LogP contribution in [0.15, 0.2) is 15.0 Å². The normalized spacial score (nSPS) is 41.8. The largest absolute Gasteiger partial charge is 0.394 e. The maximum absolute atomic E-state index is 10.2. The second-order valence-corrected chi connectivity index (χ2v) is 6.38. The number of aliphatic hydroxyl groups excluding tert-OH is 3. The minimum absolute atomic E-state index is 0.309. The van der Waals surface area contributed by atoms with Crippen LogP contribution in [0.3, 0.4) is 0 Å². The molecule has 0 radical (unpaired) electrons. The van der Waals surface area contributed by atoms with Crippen LogP contribution in [0, 0.1) is 0 Å². The van der Waals surface area contributed by atoms with Crippen LogP contribution in [0.2, 0.25) is 0 Å². The SMILES string of the molecule is OC[C@H]1O[C@@H](N2C=NC3C(NN4CCCC4)=NC=NC32)[C@H](O)[C@@H]1O. The van der Waals surface area contributed by atoms with Crippen molar-refractivity contribution in [2.24, 2.45) is 15.0 Å². The molecule has 0 spiro atoms. The van der Waals surface area contributed by atoms with E-state index in [1.807, 2.05) is 0 Å². The average molecular weight is 338 g/mol. The molecule has 0 aromatic heterocycles. The van der Waals surface area contributed by atoms with E-state index in [9.17, 15) is 15.3 Å². The number of hydrazine groups is 1. The van der Waals surface area contributed by atoms with E-state index in [0.717, 1.165) is 25.9 Å². The molecule has 132 valence electrons. The number of ether oxygens (including phenoxy) is 1. The molecular weight excluding hydrogens is 316 g/mol. The van der Waals surface area contributed by atoms with E-state index < -0.39 is 30.7 Å². The number of nitrogens with zero attached hydrogens (tertiary/aromatic N) is 5. The van der Waals surface area contributed by atoms with E-state index in [2.05, 4.69) is 25.4 Å². The third-order valence-corrected chi connectivity index (χ3v) is 4.83. The van der Waals surface area contributed by atoms with Gasteiger partial charge < -0.3 is 30.4 Å². The number of nitrogens with one attached hydrogen (secondary N) is 1. The highest BCUT2D eigenvalue weighted by Crippen LogP contribution is 2.29. The van der Waals surface area contributed by atoms with Gasteiger partial charge in [-0.25, -0.2) is 15.0 Å². The van der Waals surface area contributed by atoms with Crippen molar-refractivity contribution in [2.75, 3.05) is 19.7 Å². The zero-order chi connectivity index (χ0) is 16.7. The minimum atomic E-state index is -1.14. The Labute approximate surface area is 139 Å². The smallest absolute Gasteiger partial charge is 0.162 e. The van der Waals surface area contributed by atoms with E-state index in [1.54, 1.807) is 11.2 Å². The molecule has 0 aliphatic carbocycles. The average Bonchev–Trinajstić information content (AvgIpc) is 3.30. The zero-order valence-corrected chi connectivity index (χ0v) is 13.1. The molecule has 0 saturated carbocycles. The summed E-state index contributed by atoms with van der Waals surface area (Å²) in [4.78, 5) is 14.8. The Hall–Kier alpha value is -1.59. The lowest BCUT2D eigenvalue weighted by Crippen LogP contribution is -2.54. The predicted octanol–water partition coefficient (Wildman–Crippen LogP) is -2.50. The van der Waals surface area contributed by atoms with E-state index in [0.29, 0.717) is 5.84 Å². The van der Waals surface area contributed by atoms with Crippen molar-refractivity contribution in [3.63, 3.8) is 0 Å². The summed E-state index contributed by atoms with van der Waals surface area (Å²) in [5.74, 6) is 0.711. The van der Waals surface area contributed by atoms with Crippen LogP contribution in [-0.2, 0) is 4.74 Å². The van der Waals surface area contributed by atoms with E-state index in [1.165, 1.54) is 6.34 Å². The monoisotopic (exact) mass is 338 g/mol. The molecule has 4 rings (SSSR count). The molecule has 0 aromatic carbocycles. The van der Waals surface area contributed by atoms with Gasteiger partial charge in [0.05, 0.1) is 12.9 Å². The number of aliphatic hydroxyl groups is 3. The zero-order valence-electron chi connectivity index (χ0n) is 13.1. The van der Waals surface area contributed by atoms with Crippen molar-refractivity contribution in [1.29, 1.82) is 0 Å². The lowest BCUT2D eigenvalue weighted by molar-refractivity contribution is -0.0779. The molecule has 2 fully saturated rings.